The first-order valence-electron chi connectivity index (χ1n) is 4.36. The maximum atomic E-state index is 11.6. The number of methoxy groups -OCH3 is 1. The number of hydrogen-bond donors (Lipinski definition) is 0. The molecular formula is C10H8N2O2S3. The minimum absolute atomic E-state index is 0.321. The van der Waals surface area contributed by atoms with E-state index < -0.39 is 5.97 Å². The van der Waals surface area contributed by atoms with Gasteiger partial charge in [-0.3, -0.25) is 4.99 Å². The molecule has 0 saturated heterocycles. The SMILES string of the molecule is COC(=O)c1sc(SC)c(C#N)c1N=CC=S. The molecule has 1 rings (SSSR count). The van der Waals surface area contributed by atoms with Gasteiger partial charge in [0.05, 0.1) is 11.3 Å². The molecule has 17 heavy (non-hydrogen) atoms. The summed E-state index contributed by atoms with van der Waals surface area (Å²) in [5.41, 5.74) is 0.714. The minimum atomic E-state index is -0.497. The molecule has 1 aromatic rings. The van der Waals surface area contributed by atoms with Crippen LogP contribution in [0.1, 0.15) is 15.2 Å². The first kappa shape index (κ1) is 13.8. The smallest absolute Gasteiger partial charge is 0.350 e. The van der Waals surface area contributed by atoms with Crippen LogP contribution in [0.15, 0.2) is 9.20 Å². The third-order valence-electron chi connectivity index (χ3n) is 1.78. The number of rotatable bonds is 4. The van der Waals surface area contributed by atoms with Gasteiger partial charge in [-0.1, -0.05) is 12.2 Å². The molecule has 0 fully saturated rings. The fourth-order valence-corrected chi connectivity index (χ4v) is 2.94. The molecule has 0 bridgehead atoms. The number of thiophene rings is 1. The molecular weight excluding hydrogens is 276 g/mol. The summed E-state index contributed by atoms with van der Waals surface area (Å²) in [6.45, 7) is 0. The molecule has 0 unspecified atom stereocenters. The van der Waals surface area contributed by atoms with Crippen molar-refractivity contribution in [1.82, 2.24) is 0 Å². The van der Waals surface area contributed by atoms with Gasteiger partial charge in [-0.15, -0.1) is 23.1 Å². The molecule has 88 valence electrons. The first-order valence-corrected chi connectivity index (χ1v) is 6.87. The third kappa shape index (κ3) is 2.91. The van der Waals surface area contributed by atoms with Crippen LogP contribution in [0.2, 0.25) is 0 Å². The molecule has 1 heterocycles. The first-order chi connectivity index (χ1) is 8.19. The molecule has 0 amide bonds. The van der Waals surface area contributed by atoms with E-state index in [9.17, 15) is 4.79 Å². The maximum absolute atomic E-state index is 11.6. The lowest BCUT2D eigenvalue weighted by atomic mass is 10.2. The molecule has 4 nitrogen and oxygen atoms in total. The van der Waals surface area contributed by atoms with Crippen LogP contribution in [0.4, 0.5) is 5.69 Å². The predicted octanol–water partition coefficient (Wildman–Crippen LogP) is 2.83. The standard InChI is InChI=1S/C10H8N2O2S3/c1-14-9(13)8-7(12-3-4-15)6(5-11)10(16-2)17-8/h3-4H,1-2H3. The van der Waals surface area contributed by atoms with Crippen molar-refractivity contribution in [2.24, 2.45) is 4.99 Å². The number of nitriles is 1. The lowest BCUT2D eigenvalue weighted by Gasteiger charge is -1.96. The number of esters is 1. The van der Waals surface area contributed by atoms with Crippen LogP contribution in [0.5, 0.6) is 0 Å². The minimum Gasteiger partial charge on any atom is -0.465 e. The number of aliphatic imine (C=N–C) groups is 1. The number of ether oxygens (including phenoxy) is 1. The Balaban J connectivity index is 3.43. The zero-order valence-electron chi connectivity index (χ0n) is 9.09. The predicted molar refractivity (Wildman–Crippen MR) is 74.0 cm³/mol. The molecule has 0 atom stereocenters. The number of carbonyl (C=O) groups excluding carboxylic acids is 1. The quantitative estimate of drug-likeness (QED) is 0.368. The largest absolute Gasteiger partial charge is 0.465 e. The van der Waals surface area contributed by atoms with Gasteiger partial charge in [0.15, 0.2) is 0 Å². The maximum Gasteiger partial charge on any atom is 0.350 e. The Bertz CT molecular complexity index is 514. The molecule has 1 aromatic heterocycles. The van der Waals surface area contributed by atoms with Crippen LogP contribution in [-0.2, 0) is 4.74 Å². The molecule has 0 aliphatic rings. The van der Waals surface area contributed by atoms with Crippen molar-refractivity contribution in [3.8, 4) is 6.07 Å². The number of nitrogens with zero attached hydrogens (tertiary/aromatic N) is 2. The van der Waals surface area contributed by atoms with Crippen molar-refractivity contribution in [3.63, 3.8) is 0 Å². The Kier molecular flexibility index (Phi) is 5.28. The Morgan fingerprint density at radius 2 is 2.41 bits per heavy atom. The molecule has 0 saturated carbocycles. The molecule has 0 aliphatic carbocycles. The number of hydrogen-bond acceptors (Lipinski definition) is 7. The summed E-state index contributed by atoms with van der Waals surface area (Å²) in [4.78, 5) is 15.9. The zero-order valence-corrected chi connectivity index (χ0v) is 11.5. The second-order valence-electron chi connectivity index (χ2n) is 2.66. The normalized spacial score (nSPS) is 10.2. The number of thioether (sulfide) groups is 1. The zero-order chi connectivity index (χ0) is 12.8. The van der Waals surface area contributed by atoms with Crippen molar-refractivity contribution in [1.29, 1.82) is 5.26 Å². The van der Waals surface area contributed by atoms with Crippen LogP contribution < -0.4 is 0 Å². The van der Waals surface area contributed by atoms with Crippen LogP contribution in [0.3, 0.4) is 0 Å². The average molecular weight is 284 g/mol. The van der Waals surface area contributed by atoms with Gasteiger partial charge in [-0.25, -0.2) is 4.79 Å². The number of thiocarbonyl (C=S) groups is 1. The third-order valence-corrected chi connectivity index (χ3v) is 4.18. The van der Waals surface area contributed by atoms with Gasteiger partial charge in [0.25, 0.3) is 0 Å². The summed E-state index contributed by atoms with van der Waals surface area (Å²) in [6, 6.07) is 2.04. The molecule has 0 N–H and O–H groups in total. The summed E-state index contributed by atoms with van der Waals surface area (Å²) >= 11 is 7.22. The van der Waals surface area contributed by atoms with Gasteiger partial charge in [0, 0.05) is 11.6 Å². The van der Waals surface area contributed by atoms with E-state index in [1.807, 2.05) is 12.3 Å². The second kappa shape index (κ2) is 6.49. The summed E-state index contributed by atoms with van der Waals surface area (Å²) in [5, 5.41) is 10.4. The van der Waals surface area contributed by atoms with E-state index in [2.05, 4.69) is 21.9 Å². The number of carbonyl (C=O) groups is 1. The van der Waals surface area contributed by atoms with Crippen LogP contribution >= 0.6 is 35.3 Å². The highest BCUT2D eigenvalue weighted by molar-refractivity contribution is 8.00. The lowest BCUT2D eigenvalue weighted by molar-refractivity contribution is 0.0607. The van der Waals surface area contributed by atoms with Gasteiger partial charge < -0.3 is 4.74 Å². The van der Waals surface area contributed by atoms with Crippen molar-refractivity contribution in [3.05, 3.63) is 10.4 Å². The molecule has 0 spiro atoms. The second-order valence-corrected chi connectivity index (χ2v) is 5.03. The molecule has 0 radical (unpaired) electrons. The Labute approximate surface area is 112 Å². The van der Waals surface area contributed by atoms with E-state index in [0.29, 0.717) is 16.1 Å². The molecule has 7 heteroatoms. The van der Waals surface area contributed by atoms with Crippen molar-refractivity contribution in [2.45, 2.75) is 4.21 Å². The van der Waals surface area contributed by atoms with E-state index in [1.165, 1.54) is 41.8 Å². The van der Waals surface area contributed by atoms with E-state index in [-0.39, 0.29) is 0 Å². The molecule has 0 aliphatic heterocycles. The monoisotopic (exact) mass is 284 g/mol. The van der Waals surface area contributed by atoms with E-state index in [1.54, 1.807) is 0 Å². The fraction of sp³-hybridized carbons (Fsp3) is 0.200. The van der Waals surface area contributed by atoms with Crippen LogP contribution in [0, 0.1) is 11.3 Å². The summed E-state index contributed by atoms with van der Waals surface area (Å²) in [5.74, 6) is -0.497. The Hall–Kier alpha value is -1.23. The van der Waals surface area contributed by atoms with E-state index in [4.69, 9.17) is 5.26 Å². The van der Waals surface area contributed by atoms with E-state index in [0.717, 1.165) is 4.21 Å². The average Bonchev–Trinajstić information content (AvgIpc) is 2.72. The Morgan fingerprint density at radius 1 is 1.71 bits per heavy atom. The van der Waals surface area contributed by atoms with Gasteiger partial charge >= 0.3 is 5.97 Å². The Morgan fingerprint density at radius 3 is 2.88 bits per heavy atom. The van der Waals surface area contributed by atoms with Crippen molar-refractivity contribution < 1.29 is 9.53 Å². The highest BCUT2D eigenvalue weighted by Gasteiger charge is 2.22. The van der Waals surface area contributed by atoms with E-state index >= 15 is 0 Å². The van der Waals surface area contributed by atoms with Gasteiger partial charge in [0.1, 0.15) is 22.2 Å². The van der Waals surface area contributed by atoms with Crippen LogP contribution in [0.25, 0.3) is 0 Å². The van der Waals surface area contributed by atoms with Gasteiger partial charge in [-0.05, 0) is 6.26 Å². The summed E-state index contributed by atoms with van der Waals surface area (Å²) in [7, 11) is 1.29. The van der Waals surface area contributed by atoms with Gasteiger partial charge in [0.2, 0.25) is 0 Å². The molecule has 0 aromatic carbocycles. The highest BCUT2D eigenvalue weighted by atomic mass is 32.2. The van der Waals surface area contributed by atoms with Crippen molar-refractivity contribution in [2.75, 3.05) is 13.4 Å². The van der Waals surface area contributed by atoms with Gasteiger partial charge in [-0.2, -0.15) is 5.26 Å². The fourth-order valence-electron chi connectivity index (χ4n) is 1.10. The summed E-state index contributed by atoms with van der Waals surface area (Å²) in [6.07, 6.45) is 3.20. The van der Waals surface area contributed by atoms with Crippen LogP contribution in [-0.4, -0.2) is 30.9 Å². The summed E-state index contributed by atoms with van der Waals surface area (Å²) < 4.78 is 5.40. The topological polar surface area (TPSA) is 62.5 Å². The highest BCUT2D eigenvalue weighted by Crippen LogP contribution is 2.40. The lowest BCUT2D eigenvalue weighted by Crippen LogP contribution is -1.98. The van der Waals surface area contributed by atoms with Crippen molar-refractivity contribution >= 4 is 58.6 Å².